The highest BCUT2D eigenvalue weighted by atomic mass is 16.3. The minimum atomic E-state index is -0.168. The van der Waals surface area contributed by atoms with Crippen LogP contribution in [0.5, 0.6) is 0 Å². The zero-order chi connectivity index (χ0) is 7.23. The zero-order valence-electron chi connectivity index (χ0n) is 6.42. The Bertz CT molecular complexity index is 107. The monoisotopic (exact) mass is 140 g/mol. The van der Waals surface area contributed by atoms with Crippen molar-refractivity contribution in [3.05, 3.63) is 12.2 Å². The smallest absolute Gasteiger partial charge is 0.0720 e. The lowest BCUT2D eigenvalue weighted by atomic mass is 10.1. The van der Waals surface area contributed by atoms with Crippen molar-refractivity contribution in [3.8, 4) is 0 Å². The summed E-state index contributed by atoms with van der Waals surface area (Å²) in [6.45, 7) is 0. The molecule has 10 heavy (non-hydrogen) atoms. The van der Waals surface area contributed by atoms with E-state index in [0.717, 1.165) is 12.8 Å². The quantitative estimate of drug-likeness (QED) is 0.512. The molecule has 1 unspecified atom stereocenters. The first-order valence-electron chi connectivity index (χ1n) is 4.24. The first-order chi connectivity index (χ1) is 4.89. The van der Waals surface area contributed by atoms with Gasteiger partial charge < -0.3 is 5.11 Å². The van der Waals surface area contributed by atoms with Crippen molar-refractivity contribution in [1.82, 2.24) is 0 Å². The lowest BCUT2D eigenvalue weighted by Gasteiger charge is -2.01. The summed E-state index contributed by atoms with van der Waals surface area (Å²) in [5.74, 6) is 0. The molecule has 0 heterocycles. The highest BCUT2D eigenvalue weighted by Gasteiger charge is 2.00. The minimum Gasteiger partial charge on any atom is -0.389 e. The Balaban J connectivity index is 2.28. The third kappa shape index (κ3) is 3.02. The highest BCUT2D eigenvalue weighted by molar-refractivity contribution is 4.89. The Kier molecular flexibility index (Phi) is 3.52. The average Bonchev–Trinajstić information content (AvgIpc) is 2.02. The van der Waals surface area contributed by atoms with Crippen molar-refractivity contribution < 1.29 is 5.11 Å². The van der Waals surface area contributed by atoms with E-state index < -0.39 is 0 Å². The summed E-state index contributed by atoms with van der Waals surface area (Å²) >= 11 is 0. The van der Waals surface area contributed by atoms with Crippen LogP contribution in [0.2, 0.25) is 0 Å². The van der Waals surface area contributed by atoms with Crippen LogP contribution in [-0.4, -0.2) is 11.2 Å². The standard InChI is InChI=1S/C9H16O/c10-9-7-5-3-1-2-4-6-8-9/h5,7,9-10H,1-4,6,8H2/b7-5-. The van der Waals surface area contributed by atoms with Crippen LogP contribution >= 0.6 is 0 Å². The Morgan fingerprint density at radius 1 is 1.10 bits per heavy atom. The van der Waals surface area contributed by atoms with Crippen LogP contribution in [0.25, 0.3) is 0 Å². The maximum absolute atomic E-state index is 9.25. The molecule has 1 rings (SSSR count). The Hall–Kier alpha value is -0.300. The largest absolute Gasteiger partial charge is 0.389 e. The third-order valence-electron chi connectivity index (χ3n) is 1.98. The number of rotatable bonds is 0. The highest BCUT2D eigenvalue weighted by Crippen LogP contribution is 2.11. The number of aliphatic hydroxyl groups is 1. The van der Waals surface area contributed by atoms with Gasteiger partial charge in [-0.3, -0.25) is 0 Å². The van der Waals surface area contributed by atoms with Crippen molar-refractivity contribution in [2.24, 2.45) is 0 Å². The fourth-order valence-corrected chi connectivity index (χ4v) is 1.32. The van der Waals surface area contributed by atoms with Gasteiger partial charge in [0.2, 0.25) is 0 Å². The van der Waals surface area contributed by atoms with E-state index in [0.29, 0.717) is 0 Å². The van der Waals surface area contributed by atoms with Crippen molar-refractivity contribution in [2.45, 2.75) is 44.6 Å². The second-order valence-corrected chi connectivity index (χ2v) is 2.99. The molecule has 0 amide bonds. The minimum absolute atomic E-state index is 0.168. The van der Waals surface area contributed by atoms with Gasteiger partial charge in [0.15, 0.2) is 0 Å². The molecule has 0 aromatic heterocycles. The van der Waals surface area contributed by atoms with Crippen LogP contribution in [0.3, 0.4) is 0 Å². The second kappa shape index (κ2) is 4.51. The molecule has 1 N–H and O–H groups in total. The lowest BCUT2D eigenvalue weighted by molar-refractivity contribution is 0.208. The molecular formula is C9H16O. The normalized spacial score (nSPS) is 31.9. The predicted molar refractivity (Wildman–Crippen MR) is 42.8 cm³/mol. The molecule has 1 nitrogen and oxygen atoms in total. The maximum atomic E-state index is 9.25. The number of hydrogen-bond acceptors (Lipinski definition) is 1. The summed E-state index contributed by atoms with van der Waals surface area (Å²) in [5, 5.41) is 9.25. The van der Waals surface area contributed by atoms with Gasteiger partial charge in [0.1, 0.15) is 0 Å². The van der Waals surface area contributed by atoms with Crippen molar-refractivity contribution in [2.75, 3.05) is 0 Å². The average molecular weight is 140 g/mol. The van der Waals surface area contributed by atoms with Crippen LogP contribution in [-0.2, 0) is 0 Å². The molecule has 58 valence electrons. The van der Waals surface area contributed by atoms with Crippen LogP contribution in [0, 0.1) is 0 Å². The van der Waals surface area contributed by atoms with Gasteiger partial charge in [0, 0.05) is 0 Å². The van der Waals surface area contributed by atoms with Gasteiger partial charge in [0.25, 0.3) is 0 Å². The van der Waals surface area contributed by atoms with Crippen LogP contribution in [0.4, 0.5) is 0 Å². The first kappa shape index (κ1) is 7.80. The van der Waals surface area contributed by atoms with Gasteiger partial charge in [-0.2, -0.15) is 0 Å². The lowest BCUT2D eigenvalue weighted by Crippen LogP contribution is -2.00. The van der Waals surface area contributed by atoms with E-state index in [4.69, 9.17) is 0 Å². The van der Waals surface area contributed by atoms with E-state index in [9.17, 15) is 5.11 Å². The van der Waals surface area contributed by atoms with Crippen molar-refractivity contribution in [3.63, 3.8) is 0 Å². The number of allylic oxidation sites excluding steroid dienone is 1. The van der Waals surface area contributed by atoms with Gasteiger partial charge in [-0.1, -0.05) is 31.4 Å². The summed E-state index contributed by atoms with van der Waals surface area (Å²) in [7, 11) is 0. The summed E-state index contributed by atoms with van der Waals surface area (Å²) < 4.78 is 0. The topological polar surface area (TPSA) is 20.2 Å². The van der Waals surface area contributed by atoms with E-state index in [2.05, 4.69) is 6.08 Å². The molecule has 0 aliphatic heterocycles. The molecule has 0 aromatic carbocycles. The predicted octanol–water partition coefficient (Wildman–Crippen LogP) is 2.26. The van der Waals surface area contributed by atoms with E-state index in [1.165, 1.54) is 25.7 Å². The van der Waals surface area contributed by atoms with E-state index >= 15 is 0 Å². The van der Waals surface area contributed by atoms with Crippen molar-refractivity contribution in [1.29, 1.82) is 0 Å². The van der Waals surface area contributed by atoms with Crippen molar-refractivity contribution >= 4 is 0 Å². The van der Waals surface area contributed by atoms with Crippen LogP contribution in [0.15, 0.2) is 12.2 Å². The molecule has 0 saturated heterocycles. The summed E-state index contributed by atoms with van der Waals surface area (Å²) in [5.41, 5.74) is 0. The molecule has 1 atom stereocenters. The first-order valence-corrected chi connectivity index (χ1v) is 4.24. The molecule has 1 aliphatic carbocycles. The SMILES string of the molecule is OC1/C=C\CCCCCC1. The molecule has 0 spiro atoms. The van der Waals surface area contributed by atoms with Gasteiger partial charge in [-0.15, -0.1) is 0 Å². The molecule has 0 aromatic rings. The zero-order valence-corrected chi connectivity index (χ0v) is 6.42. The molecule has 0 radical (unpaired) electrons. The maximum Gasteiger partial charge on any atom is 0.0720 e. The Labute approximate surface area is 62.8 Å². The second-order valence-electron chi connectivity index (χ2n) is 2.99. The van der Waals surface area contributed by atoms with Gasteiger partial charge in [-0.05, 0) is 19.3 Å². The molecular weight excluding hydrogens is 124 g/mol. The van der Waals surface area contributed by atoms with E-state index in [1.807, 2.05) is 6.08 Å². The van der Waals surface area contributed by atoms with Gasteiger partial charge in [-0.25, -0.2) is 0 Å². The Morgan fingerprint density at radius 2 is 1.90 bits per heavy atom. The summed E-state index contributed by atoms with van der Waals surface area (Å²) in [4.78, 5) is 0. The van der Waals surface area contributed by atoms with E-state index in [1.54, 1.807) is 0 Å². The van der Waals surface area contributed by atoms with Gasteiger partial charge >= 0.3 is 0 Å². The number of hydrogen-bond donors (Lipinski definition) is 1. The molecule has 1 aliphatic rings. The Morgan fingerprint density at radius 3 is 2.80 bits per heavy atom. The summed E-state index contributed by atoms with van der Waals surface area (Å²) in [6, 6.07) is 0. The van der Waals surface area contributed by atoms with Gasteiger partial charge in [0.05, 0.1) is 6.10 Å². The molecule has 0 bridgehead atoms. The third-order valence-corrected chi connectivity index (χ3v) is 1.98. The fraction of sp³-hybridized carbons (Fsp3) is 0.778. The molecule has 0 fully saturated rings. The fourth-order valence-electron chi connectivity index (χ4n) is 1.32. The van der Waals surface area contributed by atoms with Crippen LogP contribution in [0.1, 0.15) is 38.5 Å². The number of aliphatic hydroxyl groups excluding tert-OH is 1. The van der Waals surface area contributed by atoms with Crippen LogP contribution < -0.4 is 0 Å². The molecule has 1 heteroatoms. The summed E-state index contributed by atoms with van der Waals surface area (Å²) in [6.07, 6.45) is 11.1. The van der Waals surface area contributed by atoms with E-state index in [-0.39, 0.29) is 6.10 Å². The molecule has 0 saturated carbocycles.